The van der Waals surface area contributed by atoms with Gasteiger partial charge in [0.25, 0.3) is 0 Å². The lowest BCUT2D eigenvalue weighted by Crippen LogP contribution is -2.49. The Morgan fingerprint density at radius 2 is 2.00 bits per heavy atom. The van der Waals surface area contributed by atoms with Crippen molar-refractivity contribution in [3.8, 4) is 0 Å². The van der Waals surface area contributed by atoms with E-state index in [1.807, 2.05) is 11.8 Å². The lowest BCUT2D eigenvalue weighted by molar-refractivity contribution is -0.137. The van der Waals surface area contributed by atoms with Crippen LogP contribution in [0.1, 0.15) is 39.0 Å². The van der Waals surface area contributed by atoms with Gasteiger partial charge in [-0.1, -0.05) is 25.7 Å². The zero-order valence-electron chi connectivity index (χ0n) is 11.5. The lowest BCUT2D eigenvalue weighted by Gasteiger charge is -2.29. The second kappa shape index (κ2) is 7.10. The maximum Gasteiger partial charge on any atom is 0.239 e. The van der Waals surface area contributed by atoms with Crippen LogP contribution in [0.4, 0.5) is 0 Å². The first-order valence-corrected chi connectivity index (χ1v) is 7.37. The Labute approximate surface area is 110 Å². The first-order chi connectivity index (χ1) is 8.77. The maximum atomic E-state index is 12.1. The van der Waals surface area contributed by atoms with E-state index in [-0.39, 0.29) is 11.9 Å². The Morgan fingerprint density at radius 3 is 2.67 bits per heavy atom. The quantitative estimate of drug-likeness (QED) is 0.806. The molecule has 18 heavy (non-hydrogen) atoms. The number of nitrogens with one attached hydrogen (secondary N) is 1. The molecule has 1 unspecified atom stereocenters. The summed E-state index contributed by atoms with van der Waals surface area (Å²) in [5.74, 6) is 1.12. The number of carbonyl (C=O) groups is 1. The van der Waals surface area contributed by atoms with Crippen molar-refractivity contribution in [1.29, 1.82) is 0 Å². The number of morpholine rings is 1. The molecule has 0 aromatic heterocycles. The van der Waals surface area contributed by atoms with Crippen LogP contribution in [0.25, 0.3) is 0 Å². The molecule has 0 bridgehead atoms. The highest BCUT2D eigenvalue weighted by molar-refractivity contribution is 5.81. The van der Waals surface area contributed by atoms with Gasteiger partial charge in [-0.15, -0.1) is 0 Å². The van der Waals surface area contributed by atoms with Crippen LogP contribution in [-0.4, -0.2) is 49.7 Å². The van der Waals surface area contributed by atoms with E-state index < -0.39 is 0 Å². The number of carbonyl (C=O) groups excluding carboxylic acids is 1. The van der Waals surface area contributed by atoms with E-state index in [1.165, 1.54) is 32.1 Å². The fourth-order valence-corrected chi connectivity index (χ4v) is 2.95. The van der Waals surface area contributed by atoms with Gasteiger partial charge in [0.05, 0.1) is 19.3 Å². The van der Waals surface area contributed by atoms with Crippen molar-refractivity contribution < 1.29 is 9.53 Å². The highest BCUT2D eigenvalue weighted by Crippen LogP contribution is 2.26. The molecule has 0 aromatic carbocycles. The van der Waals surface area contributed by atoms with Crippen molar-refractivity contribution >= 4 is 5.91 Å². The molecular weight excluding hydrogens is 228 g/mol. The predicted octanol–water partition coefficient (Wildman–Crippen LogP) is 1.40. The molecule has 1 heterocycles. The smallest absolute Gasteiger partial charge is 0.239 e. The van der Waals surface area contributed by atoms with Crippen LogP contribution >= 0.6 is 0 Å². The van der Waals surface area contributed by atoms with Crippen molar-refractivity contribution in [2.45, 2.75) is 45.1 Å². The van der Waals surface area contributed by atoms with E-state index in [2.05, 4.69) is 5.32 Å². The van der Waals surface area contributed by atoms with Crippen LogP contribution in [0.2, 0.25) is 0 Å². The molecular formula is C14H26N2O2. The monoisotopic (exact) mass is 254 g/mol. The summed E-state index contributed by atoms with van der Waals surface area (Å²) in [6.45, 7) is 5.80. The van der Waals surface area contributed by atoms with Gasteiger partial charge in [0.15, 0.2) is 0 Å². The summed E-state index contributed by atoms with van der Waals surface area (Å²) in [7, 11) is 0. The Hall–Kier alpha value is -0.610. The average molecular weight is 254 g/mol. The fraction of sp³-hybridized carbons (Fsp3) is 0.929. The number of ether oxygens (including phenoxy) is 1. The first kappa shape index (κ1) is 13.8. The van der Waals surface area contributed by atoms with Crippen LogP contribution in [0, 0.1) is 5.92 Å². The molecule has 0 spiro atoms. The standard InChI is InChI=1S/C14H26N2O2/c1-12(14(17)16-8-10-18-11-9-16)15-7-6-13-4-2-3-5-13/h12-13,15H,2-11H2,1H3. The van der Waals surface area contributed by atoms with Gasteiger partial charge >= 0.3 is 0 Å². The van der Waals surface area contributed by atoms with E-state index >= 15 is 0 Å². The van der Waals surface area contributed by atoms with Crippen molar-refractivity contribution in [2.75, 3.05) is 32.8 Å². The maximum absolute atomic E-state index is 12.1. The Bertz CT molecular complexity index is 259. The predicted molar refractivity (Wildman–Crippen MR) is 71.4 cm³/mol. The summed E-state index contributed by atoms with van der Waals surface area (Å²) >= 11 is 0. The van der Waals surface area contributed by atoms with Crippen LogP contribution in [0.15, 0.2) is 0 Å². The van der Waals surface area contributed by atoms with Crippen molar-refractivity contribution in [2.24, 2.45) is 5.92 Å². The summed E-state index contributed by atoms with van der Waals surface area (Å²) in [4.78, 5) is 14.0. The highest BCUT2D eigenvalue weighted by Gasteiger charge is 2.22. The minimum atomic E-state index is -0.0514. The summed E-state index contributed by atoms with van der Waals surface area (Å²) in [6.07, 6.45) is 6.78. The van der Waals surface area contributed by atoms with Crippen LogP contribution in [-0.2, 0) is 9.53 Å². The van der Waals surface area contributed by atoms with Gasteiger partial charge in [-0.05, 0) is 25.8 Å². The lowest BCUT2D eigenvalue weighted by atomic mass is 10.0. The van der Waals surface area contributed by atoms with Crippen LogP contribution in [0.3, 0.4) is 0 Å². The Morgan fingerprint density at radius 1 is 1.33 bits per heavy atom. The van der Waals surface area contributed by atoms with Gasteiger partial charge in [-0.3, -0.25) is 4.79 Å². The molecule has 104 valence electrons. The number of hydrogen-bond acceptors (Lipinski definition) is 3. The molecule has 4 nitrogen and oxygen atoms in total. The van der Waals surface area contributed by atoms with Crippen molar-refractivity contribution in [1.82, 2.24) is 10.2 Å². The van der Waals surface area contributed by atoms with Gasteiger partial charge in [0, 0.05) is 13.1 Å². The largest absolute Gasteiger partial charge is 0.378 e. The topological polar surface area (TPSA) is 41.6 Å². The van der Waals surface area contributed by atoms with Gasteiger partial charge in [0.1, 0.15) is 0 Å². The molecule has 0 radical (unpaired) electrons. The molecule has 4 heteroatoms. The molecule has 0 aromatic rings. The summed E-state index contributed by atoms with van der Waals surface area (Å²) in [5, 5.41) is 3.37. The number of amides is 1. The number of rotatable bonds is 5. The molecule has 1 atom stereocenters. The third kappa shape index (κ3) is 3.95. The fourth-order valence-electron chi connectivity index (χ4n) is 2.95. The number of hydrogen-bond donors (Lipinski definition) is 1. The van der Waals surface area contributed by atoms with Gasteiger partial charge in [-0.2, -0.15) is 0 Å². The van der Waals surface area contributed by atoms with Gasteiger partial charge < -0.3 is 15.0 Å². The third-order valence-electron chi connectivity index (χ3n) is 4.17. The normalized spacial score (nSPS) is 23.3. The molecule has 1 amide bonds. The Balaban J connectivity index is 1.63. The molecule has 2 rings (SSSR count). The second-order valence-electron chi connectivity index (χ2n) is 5.55. The molecule has 2 aliphatic rings. The molecule has 1 saturated carbocycles. The van der Waals surface area contributed by atoms with E-state index in [4.69, 9.17) is 4.74 Å². The minimum Gasteiger partial charge on any atom is -0.378 e. The van der Waals surface area contributed by atoms with Crippen LogP contribution < -0.4 is 5.32 Å². The average Bonchev–Trinajstić information content (AvgIpc) is 2.92. The van der Waals surface area contributed by atoms with E-state index in [1.54, 1.807) is 0 Å². The Kier molecular flexibility index (Phi) is 5.45. The molecule has 2 fully saturated rings. The first-order valence-electron chi connectivity index (χ1n) is 7.37. The summed E-state index contributed by atoms with van der Waals surface area (Å²) < 4.78 is 5.26. The minimum absolute atomic E-state index is 0.0514. The zero-order chi connectivity index (χ0) is 12.8. The highest BCUT2D eigenvalue weighted by atomic mass is 16.5. The van der Waals surface area contributed by atoms with Gasteiger partial charge in [0.2, 0.25) is 5.91 Å². The molecule has 1 aliphatic carbocycles. The molecule has 1 saturated heterocycles. The van der Waals surface area contributed by atoms with Gasteiger partial charge in [-0.25, -0.2) is 0 Å². The number of nitrogens with zero attached hydrogens (tertiary/aromatic N) is 1. The van der Waals surface area contributed by atoms with E-state index in [9.17, 15) is 4.79 Å². The van der Waals surface area contributed by atoms with Crippen molar-refractivity contribution in [3.63, 3.8) is 0 Å². The zero-order valence-corrected chi connectivity index (χ0v) is 11.5. The second-order valence-corrected chi connectivity index (χ2v) is 5.55. The van der Waals surface area contributed by atoms with E-state index in [0.717, 1.165) is 25.6 Å². The third-order valence-corrected chi connectivity index (χ3v) is 4.17. The SMILES string of the molecule is CC(NCCC1CCCC1)C(=O)N1CCOCC1. The van der Waals surface area contributed by atoms with Crippen molar-refractivity contribution in [3.05, 3.63) is 0 Å². The van der Waals surface area contributed by atoms with E-state index in [0.29, 0.717) is 13.2 Å². The molecule has 1 N–H and O–H groups in total. The van der Waals surface area contributed by atoms with Crippen LogP contribution in [0.5, 0.6) is 0 Å². The molecule has 1 aliphatic heterocycles. The summed E-state index contributed by atoms with van der Waals surface area (Å²) in [5.41, 5.74) is 0. The summed E-state index contributed by atoms with van der Waals surface area (Å²) in [6, 6.07) is -0.0514.